The number of carbonyl (C=O) groups is 1. The number of hydrogen-bond donors (Lipinski definition) is 3. The summed E-state index contributed by atoms with van der Waals surface area (Å²) in [6.45, 7) is 2.73. The van der Waals surface area contributed by atoms with Crippen LogP contribution in [0.4, 0.5) is 18.9 Å². The number of ether oxygens (including phenoxy) is 1. The summed E-state index contributed by atoms with van der Waals surface area (Å²) in [5, 5.41) is 7.42. The summed E-state index contributed by atoms with van der Waals surface area (Å²) in [5.41, 5.74) is 11.9. The first-order valence-electron chi connectivity index (χ1n) is 8.05. The van der Waals surface area contributed by atoms with Crippen molar-refractivity contribution >= 4 is 23.6 Å². The number of carboxylic acids is 1. The van der Waals surface area contributed by atoms with Gasteiger partial charge in [0.15, 0.2) is 5.96 Å². The second kappa shape index (κ2) is 10.2. The van der Waals surface area contributed by atoms with Gasteiger partial charge in [-0.2, -0.15) is 4.99 Å². The lowest BCUT2D eigenvalue weighted by molar-refractivity contribution is -0.274. The van der Waals surface area contributed by atoms with E-state index in [4.69, 9.17) is 21.4 Å². The van der Waals surface area contributed by atoms with Crippen molar-refractivity contribution in [3.05, 3.63) is 24.3 Å². The van der Waals surface area contributed by atoms with E-state index < -0.39 is 12.3 Å². The number of hydrogen-bond acceptors (Lipinski definition) is 3. The largest absolute Gasteiger partial charge is 0.573 e. The fraction of sp³-hybridized carbons (Fsp3) is 0.438. The van der Waals surface area contributed by atoms with Crippen LogP contribution in [-0.4, -0.2) is 47.3 Å². The van der Waals surface area contributed by atoms with Gasteiger partial charge in [-0.15, -0.1) is 13.2 Å². The number of alkyl halides is 3. The minimum Gasteiger partial charge on any atom is -0.481 e. The molecule has 0 atom stereocenters. The highest BCUT2D eigenvalue weighted by atomic mass is 19.4. The number of guanidine groups is 2. The molecule has 1 saturated heterocycles. The van der Waals surface area contributed by atoms with E-state index in [1.165, 1.54) is 18.6 Å². The Balaban J connectivity index is 0.000000828. The Bertz CT molecular complexity index is 665. The summed E-state index contributed by atoms with van der Waals surface area (Å²) in [6, 6.07) is 5.00. The third kappa shape index (κ3) is 9.92. The molecule has 0 unspecified atom stereocenters. The van der Waals surface area contributed by atoms with Gasteiger partial charge in [-0.1, -0.05) is 0 Å². The molecule has 1 aromatic rings. The number of nitrogens with zero attached hydrogens (tertiary/aromatic N) is 3. The minimum atomic E-state index is -4.73. The summed E-state index contributed by atoms with van der Waals surface area (Å²) >= 11 is 0. The molecule has 27 heavy (non-hydrogen) atoms. The number of halogens is 3. The molecule has 0 radical (unpaired) electrons. The van der Waals surface area contributed by atoms with Crippen LogP contribution in [0, 0.1) is 0 Å². The number of nitrogens with two attached hydrogens (primary N) is 2. The van der Waals surface area contributed by atoms with Gasteiger partial charge in [-0.3, -0.25) is 4.79 Å². The van der Waals surface area contributed by atoms with Crippen LogP contribution in [0.15, 0.2) is 34.3 Å². The van der Waals surface area contributed by atoms with Crippen molar-refractivity contribution in [1.29, 1.82) is 0 Å². The molecule has 0 aromatic heterocycles. The molecule has 2 rings (SSSR count). The number of aliphatic carboxylic acids is 1. The third-order valence-corrected chi connectivity index (χ3v) is 3.22. The molecule has 8 nitrogen and oxygen atoms in total. The molecule has 1 aromatic carbocycles. The molecule has 0 aliphatic carbocycles. The molecule has 1 fully saturated rings. The number of aliphatic imine (C=N–C) groups is 2. The Hall–Kier alpha value is -2.98. The summed E-state index contributed by atoms with van der Waals surface area (Å²) in [4.78, 5) is 18.9. The fourth-order valence-corrected chi connectivity index (χ4v) is 2.19. The summed E-state index contributed by atoms with van der Waals surface area (Å²) in [5.74, 6) is -0.924. The lowest BCUT2D eigenvalue weighted by atomic mass is 10.1. The fourth-order valence-electron chi connectivity index (χ4n) is 2.19. The number of carboxylic acid groups (broad SMARTS) is 1. The Morgan fingerprint density at radius 2 is 1.67 bits per heavy atom. The topological polar surface area (TPSA) is 127 Å². The molecule has 0 spiro atoms. The predicted molar refractivity (Wildman–Crippen MR) is 94.8 cm³/mol. The van der Waals surface area contributed by atoms with Crippen molar-refractivity contribution in [1.82, 2.24) is 4.90 Å². The highest BCUT2D eigenvalue weighted by Crippen LogP contribution is 2.24. The zero-order valence-corrected chi connectivity index (χ0v) is 14.7. The Morgan fingerprint density at radius 3 is 2.15 bits per heavy atom. The molecule has 11 heteroatoms. The second-order valence-corrected chi connectivity index (χ2v) is 5.55. The zero-order valence-electron chi connectivity index (χ0n) is 14.7. The van der Waals surface area contributed by atoms with E-state index in [2.05, 4.69) is 14.7 Å². The van der Waals surface area contributed by atoms with Crippen molar-refractivity contribution in [2.75, 3.05) is 13.1 Å². The average Bonchev–Trinajstić information content (AvgIpc) is 2.55. The van der Waals surface area contributed by atoms with Gasteiger partial charge in [-0.05, 0) is 43.5 Å². The number of benzene rings is 1. The molecule has 1 aliphatic heterocycles. The van der Waals surface area contributed by atoms with E-state index in [-0.39, 0.29) is 11.7 Å². The van der Waals surface area contributed by atoms with E-state index in [0.29, 0.717) is 11.6 Å². The Labute approximate surface area is 154 Å². The smallest absolute Gasteiger partial charge is 0.481 e. The maximum absolute atomic E-state index is 12.1. The highest BCUT2D eigenvalue weighted by molar-refractivity contribution is 5.94. The van der Waals surface area contributed by atoms with E-state index in [1.807, 2.05) is 4.90 Å². The van der Waals surface area contributed by atoms with Crippen LogP contribution >= 0.6 is 0 Å². The summed E-state index contributed by atoms with van der Waals surface area (Å²) in [6.07, 6.45) is -1.46. The number of likely N-dealkylation sites (tertiary alicyclic amines) is 1. The molecule has 0 saturated carbocycles. The van der Waals surface area contributed by atoms with E-state index in [1.54, 1.807) is 0 Å². The standard InChI is InChI=1S/C14H18F3N5O.C2H4O2/c15-14(16,17)23-11-6-4-10(5-7-11)20-12(18)21-13(19)22-8-2-1-3-9-22;1-2(3)4/h4-7H,1-3,8-9H2,(H4,18,19,20,21);1H3,(H,3,4). The summed E-state index contributed by atoms with van der Waals surface area (Å²) in [7, 11) is 0. The molecular weight excluding hydrogens is 367 g/mol. The van der Waals surface area contributed by atoms with Crippen LogP contribution < -0.4 is 16.2 Å². The van der Waals surface area contributed by atoms with Crippen molar-refractivity contribution in [2.24, 2.45) is 21.5 Å². The maximum atomic E-state index is 12.1. The highest BCUT2D eigenvalue weighted by Gasteiger charge is 2.30. The van der Waals surface area contributed by atoms with Gasteiger partial charge in [0.2, 0.25) is 5.96 Å². The molecule has 1 heterocycles. The maximum Gasteiger partial charge on any atom is 0.573 e. The van der Waals surface area contributed by atoms with Gasteiger partial charge < -0.3 is 26.2 Å². The third-order valence-electron chi connectivity index (χ3n) is 3.22. The Kier molecular flexibility index (Phi) is 8.36. The van der Waals surface area contributed by atoms with Gasteiger partial charge in [0.25, 0.3) is 5.97 Å². The average molecular weight is 389 g/mol. The van der Waals surface area contributed by atoms with Crippen LogP contribution in [0.25, 0.3) is 0 Å². The van der Waals surface area contributed by atoms with Crippen LogP contribution in [0.3, 0.4) is 0 Å². The Morgan fingerprint density at radius 1 is 1.15 bits per heavy atom. The number of rotatable bonds is 2. The SMILES string of the molecule is CC(=O)O.NC(=Nc1ccc(OC(F)(F)F)cc1)N=C(N)N1CCCCC1. The van der Waals surface area contributed by atoms with Crippen molar-refractivity contribution in [3.63, 3.8) is 0 Å². The van der Waals surface area contributed by atoms with Gasteiger partial charge in [0, 0.05) is 20.0 Å². The second-order valence-electron chi connectivity index (χ2n) is 5.55. The first-order chi connectivity index (χ1) is 12.6. The monoisotopic (exact) mass is 389 g/mol. The van der Waals surface area contributed by atoms with E-state index >= 15 is 0 Å². The van der Waals surface area contributed by atoms with E-state index in [9.17, 15) is 13.2 Å². The predicted octanol–water partition coefficient (Wildman–Crippen LogP) is 2.42. The zero-order chi connectivity index (χ0) is 20.4. The first kappa shape index (κ1) is 22.1. The molecule has 150 valence electrons. The van der Waals surface area contributed by atoms with E-state index in [0.717, 1.165) is 45.0 Å². The lowest BCUT2D eigenvalue weighted by Crippen LogP contribution is -2.41. The van der Waals surface area contributed by atoms with Gasteiger partial charge in [0.1, 0.15) is 5.75 Å². The first-order valence-corrected chi connectivity index (χ1v) is 8.05. The molecule has 5 N–H and O–H groups in total. The lowest BCUT2D eigenvalue weighted by Gasteiger charge is -2.27. The molecule has 0 amide bonds. The quantitative estimate of drug-likeness (QED) is 0.527. The van der Waals surface area contributed by atoms with Gasteiger partial charge in [0.05, 0.1) is 5.69 Å². The minimum absolute atomic E-state index is 0.0578. The van der Waals surface area contributed by atoms with Crippen molar-refractivity contribution in [2.45, 2.75) is 32.5 Å². The molecule has 0 bridgehead atoms. The van der Waals surface area contributed by atoms with Crippen LogP contribution in [0.1, 0.15) is 26.2 Å². The summed E-state index contributed by atoms with van der Waals surface area (Å²) < 4.78 is 40.0. The normalized spacial score (nSPS) is 15.6. The van der Waals surface area contributed by atoms with Gasteiger partial charge >= 0.3 is 6.36 Å². The van der Waals surface area contributed by atoms with Crippen molar-refractivity contribution < 1.29 is 27.8 Å². The van der Waals surface area contributed by atoms with Crippen molar-refractivity contribution in [3.8, 4) is 5.75 Å². The van der Waals surface area contributed by atoms with Crippen LogP contribution in [-0.2, 0) is 4.79 Å². The van der Waals surface area contributed by atoms with Crippen LogP contribution in [0.2, 0.25) is 0 Å². The molecular formula is C16H22F3N5O3. The number of piperidine rings is 1. The van der Waals surface area contributed by atoms with Crippen LogP contribution in [0.5, 0.6) is 5.75 Å². The van der Waals surface area contributed by atoms with Gasteiger partial charge in [-0.25, -0.2) is 4.99 Å². The molecule has 1 aliphatic rings.